The second-order valence-corrected chi connectivity index (χ2v) is 8.01. The molecule has 12 heteroatoms. The molecule has 0 atom stereocenters. The van der Waals surface area contributed by atoms with E-state index < -0.39 is 25.5 Å². The molecule has 0 unspecified atom stereocenters. The number of aromatic nitrogens is 2. The van der Waals surface area contributed by atoms with Crippen LogP contribution in [0.1, 0.15) is 19.8 Å². The lowest BCUT2D eigenvalue weighted by Crippen LogP contribution is -2.02. The summed E-state index contributed by atoms with van der Waals surface area (Å²) < 4.78 is 68.5. The minimum Gasteiger partial charge on any atom is -0.451 e. The van der Waals surface area contributed by atoms with Crippen molar-refractivity contribution < 1.29 is 34.8 Å². The molecule has 0 aliphatic heterocycles. The van der Waals surface area contributed by atoms with E-state index in [1.807, 2.05) is 19.1 Å². The van der Waals surface area contributed by atoms with Gasteiger partial charge in [0.25, 0.3) is 16.0 Å². The molecule has 3 rings (SSSR count). The number of hydrogen-bond acceptors (Lipinski definition) is 8. The molecular weight excluding hydrogens is 388 g/mol. The van der Waals surface area contributed by atoms with Crippen LogP contribution in [0.25, 0.3) is 22.6 Å². The molecule has 0 radical (unpaired) electrons. The fourth-order valence-corrected chi connectivity index (χ4v) is 2.81. The molecule has 1 aromatic carbocycles. The van der Waals surface area contributed by atoms with E-state index in [1.165, 1.54) is 0 Å². The quantitative estimate of drug-likeness (QED) is 0.604. The lowest BCUT2D eigenvalue weighted by atomic mass is 10.2. The van der Waals surface area contributed by atoms with Gasteiger partial charge in [0.15, 0.2) is 5.76 Å². The molecule has 2 N–H and O–H groups in total. The molecule has 0 aliphatic rings. The second-order valence-electron chi connectivity index (χ2n) is 5.14. The van der Waals surface area contributed by atoms with Gasteiger partial charge in [0.2, 0.25) is 0 Å². The van der Waals surface area contributed by atoms with Crippen molar-refractivity contribution in [2.24, 2.45) is 0 Å². The maximum atomic E-state index is 10.8. The van der Waals surface area contributed by atoms with Gasteiger partial charge < -0.3 is 8.83 Å². The van der Waals surface area contributed by atoms with E-state index in [0.29, 0.717) is 12.0 Å². The zero-order chi connectivity index (χ0) is 19.4. The van der Waals surface area contributed by atoms with Crippen LogP contribution >= 0.6 is 0 Å². The van der Waals surface area contributed by atoms with Crippen LogP contribution in [0.3, 0.4) is 0 Å². The Morgan fingerprint density at radius 1 is 1.04 bits per heavy atom. The maximum absolute atomic E-state index is 10.8. The molecule has 0 aliphatic carbocycles. The molecule has 10 nitrogen and oxygen atoms in total. The lowest BCUT2D eigenvalue weighted by molar-refractivity contribution is 0.392. The van der Waals surface area contributed by atoms with E-state index in [2.05, 4.69) is 10.2 Å². The lowest BCUT2D eigenvalue weighted by Gasteiger charge is -1.90. The second kappa shape index (κ2) is 7.95. The third-order valence-electron chi connectivity index (χ3n) is 3.02. The van der Waals surface area contributed by atoms with E-state index in [0.717, 1.165) is 11.8 Å². The highest BCUT2D eigenvalue weighted by atomic mass is 32.2. The van der Waals surface area contributed by atoms with Crippen molar-refractivity contribution in [2.75, 3.05) is 5.75 Å². The van der Waals surface area contributed by atoms with Gasteiger partial charge in [-0.2, -0.15) is 16.8 Å². The van der Waals surface area contributed by atoms with Crippen molar-refractivity contribution in [3.05, 3.63) is 30.3 Å². The number of rotatable bonds is 5. The highest BCUT2D eigenvalue weighted by Gasteiger charge is 2.21. The highest BCUT2D eigenvalue weighted by molar-refractivity contribution is 7.85. The first-order chi connectivity index (χ1) is 12.1. The van der Waals surface area contributed by atoms with Crippen LogP contribution in [0.15, 0.2) is 44.4 Å². The Labute approximate surface area is 149 Å². The summed E-state index contributed by atoms with van der Waals surface area (Å²) in [6.45, 7) is 1.87. The van der Waals surface area contributed by atoms with Crippen LogP contribution < -0.4 is 0 Å². The zero-order valence-corrected chi connectivity index (χ0v) is 15.2. The molecule has 0 fully saturated rings. The summed E-state index contributed by atoms with van der Waals surface area (Å²) in [5, 5.41) is 6.67. The van der Waals surface area contributed by atoms with Gasteiger partial charge in [0, 0.05) is 5.39 Å². The molecule has 0 spiro atoms. The first-order valence-corrected chi connectivity index (χ1v) is 10.4. The molecule has 142 valence electrons. The van der Waals surface area contributed by atoms with Crippen LogP contribution in [0.4, 0.5) is 0 Å². The number of nitrogens with zero attached hydrogens (tertiary/aromatic N) is 2. The summed E-state index contributed by atoms with van der Waals surface area (Å²) in [5.74, 6) is 0.0150. The normalized spacial score (nSPS) is 12.0. The Bertz CT molecular complexity index is 1050. The Morgan fingerprint density at radius 3 is 2.23 bits per heavy atom. The van der Waals surface area contributed by atoms with Gasteiger partial charge in [-0.3, -0.25) is 9.11 Å². The first-order valence-electron chi connectivity index (χ1n) is 7.35. The predicted octanol–water partition coefficient (Wildman–Crippen LogP) is 2.40. The van der Waals surface area contributed by atoms with Crippen LogP contribution in [0.2, 0.25) is 0 Å². The number of unbranched alkanes of at least 4 members (excludes halogenated alkanes) is 1. The zero-order valence-electron chi connectivity index (χ0n) is 13.6. The van der Waals surface area contributed by atoms with Crippen LogP contribution in [-0.4, -0.2) is 41.9 Å². The summed E-state index contributed by atoms with van der Waals surface area (Å²) in [6, 6.07) is 8.84. The monoisotopic (exact) mass is 404 g/mol. The van der Waals surface area contributed by atoms with Gasteiger partial charge in [-0.05, 0) is 18.6 Å². The molecular formula is C14H16N2O8S2. The van der Waals surface area contributed by atoms with Gasteiger partial charge >= 0.3 is 15.3 Å². The van der Waals surface area contributed by atoms with E-state index in [4.69, 9.17) is 17.9 Å². The average molecular weight is 404 g/mol. The minimum atomic E-state index is -4.50. The number of para-hydroxylation sites is 1. The molecule has 3 aromatic rings. The summed E-state index contributed by atoms with van der Waals surface area (Å²) in [6.07, 6.45) is 1.33. The van der Waals surface area contributed by atoms with E-state index in [1.54, 1.807) is 18.2 Å². The van der Waals surface area contributed by atoms with Crippen LogP contribution in [0.5, 0.6) is 0 Å². The Balaban J connectivity index is 0.000000260. The SMILES string of the molecule is CCCCS(=O)(=O)O.O=S(=O)(O)c1nnc(-c2cc3ccccc3o2)o1. The van der Waals surface area contributed by atoms with Gasteiger partial charge in [-0.15, -0.1) is 5.10 Å². The molecule has 0 saturated heterocycles. The maximum Gasteiger partial charge on any atom is 0.363 e. The van der Waals surface area contributed by atoms with Gasteiger partial charge in [-0.1, -0.05) is 36.6 Å². The average Bonchev–Trinajstić information content (AvgIpc) is 3.18. The molecule has 0 bridgehead atoms. The first kappa shape index (κ1) is 20.0. The van der Waals surface area contributed by atoms with Crippen molar-refractivity contribution in [3.63, 3.8) is 0 Å². The Morgan fingerprint density at radius 2 is 1.73 bits per heavy atom. The van der Waals surface area contributed by atoms with E-state index >= 15 is 0 Å². The van der Waals surface area contributed by atoms with Crippen molar-refractivity contribution in [1.29, 1.82) is 0 Å². The van der Waals surface area contributed by atoms with Crippen LogP contribution in [0, 0.1) is 0 Å². The largest absolute Gasteiger partial charge is 0.451 e. The van der Waals surface area contributed by atoms with Gasteiger partial charge in [0.1, 0.15) is 5.58 Å². The fraction of sp³-hybridized carbons (Fsp3) is 0.286. The summed E-state index contributed by atoms with van der Waals surface area (Å²) >= 11 is 0. The fourth-order valence-electron chi connectivity index (χ4n) is 1.83. The summed E-state index contributed by atoms with van der Waals surface area (Å²) in [5.41, 5.74) is 0.610. The van der Waals surface area contributed by atoms with E-state index in [9.17, 15) is 16.8 Å². The van der Waals surface area contributed by atoms with Crippen molar-refractivity contribution >= 4 is 31.2 Å². The molecule has 0 saturated carbocycles. The van der Waals surface area contributed by atoms with Crippen LogP contribution in [-0.2, 0) is 20.2 Å². The smallest absolute Gasteiger partial charge is 0.363 e. The third kappa shape index (κ3) is 5.62. The van der Waals surface area contributed by atoms with Gasteiger partial charge in [0.05, 0.1) is 5.75 Å². The standard InChI is InChI=1S/C10H6N2O5S.C4H10O3S/c13-18(14,15)10-12-11-9(17-10)8-5-6-3-1-2-4-7(6)16-8;1-2-3-4-8(5,6)7/h1-5H,(H,13,14,15);2-4H2,1H3,(H,5,6,7). The van der Waals surface area contributed by atoms with Crippen molar-refractivity contribution in [3.8, 4) is 11.7 Å². The van der Waals surface area contributed by atoms with Gasteiger partial charge in [-0.25, -0.2) is 0 Å². The highest BCUT2D eigenvalue weighted by Crippen LogP contribution is 2.27. The van der Waals surface area contributed by atoms with Crippen molar-refractivity contribution in [2.45, 2.75) is 25.0 Å². The molecule has 2 aromatic heterocycles. The number of benzene rings is 1. The molecule has 26 heavy (non-hydrogen) atoms. The molecule has 2 heterocycles. The third-order valence-corrected chi connectivity index (χ3v) is 4.43. The number of hydrogen-bond donors (Lipinski definition) is 2. The Kier molecular flexibility index (Phi) is 6.13. The number of fused-ring (bicyclic) bond motifs is 1. The van der Waals surface area contributed by atoms with E-state index in [-0.39, 0.29) is 17.4 Å². The summed E-state index contributed by atoms with van der Waals surface area (Å²) in [7, 11) is -8.19. The van der Waals surface area contributed by atoms with Crippen molar-refractivity contribution in [1.82, 2.24) is 10.2 Å². The minimum absolute atomic E-state index is 0.108. The predicted molar refractivity (Wildman–Crippen MR) is 90.6 cm³/mol. The topological polar surface area (TPSA) is 161 Å². The molecule has 0 amide bonds. The number of furan rings is 1. The Hall–Kier alpha value is -2.28. The summed E-state index contributed by atoms with van der Waals surface area (Å²) in [4.78, 5) is 0.